The van der Waals surface area contributed by atoms with Gasteiger partial charge in [0.15, 0.2) is 0 Å². The molecule has 3 aromatic carbocycles. The monoisotopic (exact) mass is 583 g/mol. The second-order valence-electron chi connectivity index (χ2n) is 11.7. The van der Waals surface area contributed by atoms with Crippen molar-refractivity contribution >= 4 is 6.09 Å². The number of hydrogen-bond donors (Lipinski definition) is 2. The predicted octanol–water partition coefficient (Wildman–Crippen LogP) is 5.03. The van der Waals surface area contributed by atoms with Crippen LogP contribution < -0.4 is 16.6 Å². The smallest absolute Gasteiger partial charge is 0.407 e. The van der Waals surface area contributed by atoms with E-state index in [-0.39, 0.29) is 13.0 Å². The molecule has 9 heteroatoms. The fourth-order valence-corrected chi connectivity index (χ4v) is 5.44. The molecule has 1 fully saturated rings. The lowest BCUT2D eigenvalue weighted by atomic mass is 9.80. The Hall–Kier alpha value is -4.47. The quantitative estimate of drug-likeness (QED) is 0.281. The third-order valence-corrected chi connectivity index (χ3v) is 7.40. The fourth-order valence-electron chi connectivity index (χ4n) is 5.44. The zero-order valence-corrected chi connectivity index (χ0v) is 24.8. The van der Waals surface area contributed by atoms with Gasteiger partial charge in [0, 0.05) is 18.2 Å². The summed E-state index contributed by atoms with van der Waals surface area (Å²) in [5.74, 6) is 0. The van der Waals surface area contributed by atoms with Gasteiger partial charge in [-0.25, -0.2) is 9.59 Å². The average Bonchev–Trinajstić information content (AvgIpc) is 3.38. The van der Waals surface area contributed by atoms with Crippen LogP contribution >= 0.6 is 0 Å². The highest BCUT2D eigenvalue weighted by Crippen LogP contribution is 2.41. The van der Waals surface area contributed by atoms with Gasteiger partial charge in [0.1, 0.15) is 23.5 Å². The van der Waals surface area contributed by atoms with Gasteiger partial charge in [-0.1, -0.05) is 91.0 Å². The second kappa shape index (κ2) is 12.4. The molecule has 1 saturated heterocycles. The Morgan fingerprint density at radius 2 is 1.42 bits per heavy atom. The Balaban J connectivity index is 1.53. The van der Waals surface area contributed by atoms with Crippen LogP contribution in [0.15, 0.2) is 107 Å². The molecular formula is C34H37N3O6. The van der Waals surface area contributed by atoms with Gasteiger partial charge in [-0.2, -0.15) is 0 Å². The summed E-state index contributed by atoms with van der Waals surface area (Å²) in [6.07, 6.45) is -0.282. The molecule has 1 aliphatic heterocycles. The van der Waals surface area contributed by atoms with Crippen molar-refractivity contribution in [2.24, 2.45) is 0 Å². The second-order valence-corrected chi connectivity index (χ2v) is 11.7. The highest BCUT2D eigenvalue weighted by Gasteiger charge is 2.43. The van der Waals surface area contributed by atoms with E-state index in [1.54, 1.807) is 27.7 Å². The van der Waals surface area contributed by atoms with Crippen LogP contribution in [0.5, 0.6) is 0 Å². The van der Waals surface area contributed by atoms with Gasteiger partial charge in [0.2, 0.25) is 0 Å². The van der Waals surface area contributed by atoms with Crippen LogP contribution in [0.3, 0.4) is 0 Å². The van der Waals surface area contributed by atoms with Gasteiger partial charge in [0.05, 0.1) is 12.6 Å². The van der Waals surface area contributed by atoms with Crippen LogP contribution in [-0.4, -0.2) is 40.0 Å². The number of aromatic nitrogens is 2. The van der Waals surface area contributed by atoms with Crippen LogP contribution in [0, 0.1) is 6.92 Å². The van der Waals surface area contributed by atoms with Crippen LogP contribution in [0.1, 0.15) is 55.7 Å². The lowest BCUT2D eigenvalue weighted by molar-refractivity contribution is -0.0814. The minimum absolute atomic E-state index is 0.0622. The van der Waals surface area contributed by atoms with Gasteiger partial charge >= 0.3 is 11.8 Å². The molecule has 2 N–H and O–H groups in total. The Morgan fingerprint density at radius 3 is 1.91 bits per heavy atom. The summed E-state index contributed by atoms with van der Waals surface area (Å²) < 4.78 is 20.3. The van der Waals surface area contributed by atoms with Crippen molar-refractivity contribution in [3.8, 4) is 0 Å². The lowest BCUT2D eigenvalue weighted by Gasteiger charge is -2.37. The van der Waals surface area contributed by atoms with Crippen LogP contribution in [0.2, 0.25) is 0 Å². The molecular weight excluding hydrogens is 546 g/mol. The summed E-state index contributed by atoms with van der Waals surface area (Å²) in [6, 6.07) is 29.3. The Bertz CT molecular complexity index is 1550. The van der Waals surface area contributed by atoms with E-state index in [1.807, 2.05) is 91.0 Å². The molecule has 224 valence electrons. The maximum atomic E-state index is 12.9. The molecule has 9 nitrogen and oxygen atoms in total. The number of alkyl carbamates (subject to hydrolysis) is 1. The van der Waals surface area contributed by atoms with Gasteiger partial charge in [-0.05, 0) is 44.4 Å². The van der Waals surface area contributed by atoms with Crippen molar-refractivity contribution in [2.45, 2.75) is 63.7 Å². The molecule has 1 amide bonds. The molecule has 0 bridgehead atoms. The van der Waals surface area contributed by atoms with Crippen molar-refractivity contribution in [1.29, 1.82) is 0 Å². The molecule has 5 rings (SSSR count). The van der Waals surface area contributed by atoms with E-state index in [9.17, 15) is 14.4 Å². The summed E-state index contributed by atoms with van der Waals surface area (Å²) in [5.41, 5.74) is 0.378. The molecule has 4 aromatic rings. The number of ether oxygens (including phenoxy) is 3. The number of carbonyl (C=O) groups excluding carboxylic acids is 1. The summed E-state index contributed by atoms with van der Waals surface area (Å²) in [7, 11) is 0. The number of rotatable bonds is 8. The molecule has 1 aromatic heterocycles. The van der Waals surface area contributed by atoms with Gasteiger partial charge in [0.25, 0.3) is 5.56 Å². The minimum Gasteiger partial charge on any atom is -0.444 e. The van der Waals surface area contributed by atoms with Crippen molar-refractivity contribution in [2.75, 3.05) is 6.61 Å². The molecule has 0 saturated carbocycles. The number of H-pyrrole nitrogens is 1. The Labute approximate surface area is 250 Å². The first-order valence-corrected chi connectivity index (χ1v) is 14.3. The van der Waals surface area contributed by atoms with Crippen LogP contribution in [-0.2, 0) is 19.8 Å². The van der Waals surface area contributed by atoms with E-state index in [0.29, 0.717) is 5.56 Å². The van der Waals surface area contributed by atoms with Gasteiger partial charge in [-0.15, -0.1) is 0 Å². The van der Waals surface area contributed by atoms with Crippen molar-refractivity contribution < 1.29 is 19.0 Å². The average molecular weight is 584 g/mol. The standard InChI is InChI=1S/C34H37N3O6/c1-23-21-37(31(39)36-30(23)38)29-20-27(35-32(40)43-33(2,3)4)28(42-29)22-41-34(24-14-8-5-9-15-24,25-16-10-6-11-17-25)26-18-12-7-13-19-26/h5-19,21,27-29H,20,22H2,1-4H3,(H,35,40)(H,36,38,39)/t27-,28+,29+/m0/s1. The number of aryl methyl sites for hydroxylation is 1. The number of nitrogens with one attached hydrogen (secondary N) is 2. The van der Waals surface area contributed by atoms with Gasteiger partial charge in [-0.3, -0.25) is 14.3 Å². The SMILES string of the molecule is Cc1cn([C@H]2C[C@H](NC(=O)OC(C)(C)C)[C@@H](COC(c3ccccc3)(c3ccccc3)c3ccccc3)O2)c(=O)[nH]c1=O. The Morgan fingerprint density at radius 1 is 0.907 bits per heavy atom. The van der Waals surface area contributed by atoms with Crippen molar-refractivity contribution in [3.05, 3.63) is 140 Å². The summed E-state index contributed by atoms with van der Waals surface area (Å²) in [6.45, 7) is 7.05. The molecule has 2 heterocycles. The largest absolute Gasteiger partial charge is 0.444 e. The maximum absolute atomic E-state index is 12.9. The van der Waals surface area contributed by atoms with Crippen molar-refractivity contribution in [1.82, 2.24) is 14.9 Å². The van der Waals surface area contributed by atoms with E-state index in [2.05, 4.69) is 10.3 Å². The zero-order valence-electron chi connectivity index (χ0n) is 24.8. The molecule has 0 unspecified atom stereocenters. The minimum atomic E-state index is -1.01. The lowest BCUT2D eigenvalue weighted by Crippen LogP contribution is -2.46. The first-order chi connectivity index (χ1) is 20.6. The Kier molecular flexibility index (Phi) is 8.66. The van der Waals surface area contributed by atoms with Crippen molar-refractivity contribution in [3.63, 3.8) is 0 Å². The van der Waals surface area contributed by atoms with E-state index in [0.717, 1.165) is 16.7 Å². The molecule has 0 spiro atoms. The van der Waals surface area contributed by atoms with Crippen LogP contribution in [0.4, 0.5) is 4.79 Å². The number of amides is 1. The number of carbonyl (C=O) groups is 1. The third kappa shape index (κ3) is 6.63. The van der Waals surface area contributed by atoms with Crippen LogP contribution in [0.25, 0.3) is 0 Å². The highest BCUT2D eigenvalue weighted by atomic mass is 16.6. The van der Waals surface area contributed by atoms with E-state index < -0.39 is 46.9 Å². The maximum Gasteiger partial charge on any atom is 0.407 e. The summed E-state index contributed by atoms with van der Waals surface area (Å²) in [5, 5.41) is 2.93. The number of nitrogens with zero attached hydrogens (tertiary/aromatic N) is 1. The normalized spacial score (nSPS) is 18.7. The predicted molar refractivity (Wildman–Crippen MR) is 163 cm³/mol. The topological polar surface area (TPSA) is 112 Å². The molecule has 43 heavy (non-hydrogen) atoms. The summed E-state index contributed by atoms with van der Waals surface area (Å²) >= 11 is 0. The van der Waals surface area contributed by atoms with Gasteiger partial charge < -0.3 is 19.5 Å². The number of hydrogen-bond acceptors (Lipinski definition) is 6. The number of aromatic amines is 1. The first-order valence-electron chi connectivity index (χ1n) is 14.3. The molecule has 0 radical (unpaired) electrons. The highest BCUT2D eigenvalue weighted by molar-refractivity contribution is 5.68. The molecule has 3 atom stereocenters. The summed E-state index contributed by atoms with van der Waals surface area (Å²) in [4.78, 5) is 40.0. The number of benzene rings is 3. The first kappa shape index (κ1) is 30.0. The molecule has 0 aliphatic carbocycles. The molecule has 1 aliphatic rings. The van der Waals surface area contributed by atoms with E-state index >= 15 is 0 Å². The third-order valence-electron chi connectivity index (χ3n) is 7.40. The van der Waals surface area contributed by atoms with E-state index in [4.69, 9.17) is 14.2 Å². The van der Waals surface area contributed by atoms with E-state index in [1.165, 1.54) is 10.8 Å². The zero-order chi connectivity index (χ0) is 30.6. The fraction of sp³-hybridized carbons (Fsp3) is 0.324.